The molecule has 0 aliphatic carbocycles. The molecule has 3 aromatic rings. The third kappa shape index (κ3) is 2.55. The number of nitrogens with zero attached hydrogens (tertiary/aromatic N) is 2. The van der Waals surface area contributed by atoms with Gasteiger partial charge < -0.3 is 0 Å². The molecule has 0 radical (unpaired) electrons. The molecule has 0 spiro atoms. The molecule has 2 aromatic carbocycles. The molecule has 0 saturated carbocycles. The van der Waals surface area contributed by atoms with Gasteiger partial charge >= 0.3 is 0 Å². The molecular formula is C14H8BrClF2N2. The number of hydrogen-bond donors (Lipinski definition) is 0. The minimum absolute atomic E-state index is 0.145. The van der Waals surface area contributed by atoms with Crippen LogP contribution in [0, 0.1) is 11.6 Å². The van der Waals surface area contributed by atoms with Gasteiger partial charge in [0.05, 0.1) is 17.1 Å². The third-order valence-corrected chi connectivity index (χ3v) is 3.70. The number of fused-ring (bicyclic) bond motifs is 1. The van der Waals surface area contributed by atoms with Crippen molar-refractivity contribution in [2.24, 2.45) is 0 Å². The van der Waals surface area contributed by atoms with E-state index in [4.69, 9.17) is 11.6 Å². The van der Waals surface area contributed by atoms with Crippen LogP contribution >= 0.6 is 27.5 Å². The summed E-state index contributed by atoms with van der Waals surface area (Å²) in [5.41, 5.74) is 0.939. The number of benzene rings is 2. The zero-order chi connectivity index (χ0) is 14.3. The summed E-state index contributed by atoms with van der Waals surface area (Å²) in [5.74, 6) is -0.933. The number of rotatable bonds is 2. The minimum atomic E-state index is -0.473. The van der Waals surface area contributed by atoms with E-state index in [2.05, 4.69) is 21.0 Å². The molecule has 102 valence electrons. The zero-order valence-electron chi connectivity index (χ0n) is 10.1. The van der Waals surface area contributed by atoms with Crippen molar-refractivity contribution in [2.45, 2.75) is 6.54 Å². The highest BCUT2D eigenvalue weighted by atomic mass is 79.9. The Hall–Kier alpha value is -1.46. The largest absolute Gasteiger partial charge is 0.267 e. The monoisotopic (exact) mass is 356 g/mol. The Morgan fingerprint density at radius 3 is 2.80 bits per heavy atom. The molecule has 1 heterocycles. The van der Waals surface area contributed by atoms with Gasteiger partial charge in [-0.15, -0.1) is 0 Å². The van der Waals surface area contributed by atoms with E-state index in [1.165, 1.54) is 6.07 Å². The summed E-state index contributed by atoms with van der Waals surface area (Å²) in [6, 6.07) is 6.95. The van der Waals surface area contributed by atoms with Crippen LogP contribution in [0.4, 0.5) is 8.78 Å². The lowest BCUT2D eigenvalue weighted by Crippen LogP contribution is -2.02. The van der Waals surface area contributed by atoms with Gasteiger partial charge in [-0.1, -0.05) is 27.5 Å². The van der Waals surface area contributed by atoms with E-state index < -0.39 is 11.6 Å². The molecule has 0 aliphatic heterocycles. The van der Waals surface area contributed by atoms with Gasteiger partial charge in [0.1, 0.15) is 11.6 Å². The van der Waals surface area contributed by atoms with Crippen molar-refractivity contribution in [1.29, 1.82) is 0 Å². The molecule has 20 heavy (non-hydrogen) atoms. The number of hydrogen-bond acceptors (Lipinski definition) is 1. The Kier molecular flexibility index (Phi) is 3.48. The second-order valence-electron chi connectivity index (χ2n) is 4.38. The fraction of sp³-hybridized carbons (Fsp3) is 0.0714. The van der Waals surface area contributed by atoms with Crippen molar-refractivity contribution in [3.63, 3.8) is 0 Å². The normalized spacial score (nSPS) is 11.2. The van der Waals surface area contributed by atoms with Crippen LogP contribution in [0.2, 0.25) is 5.02 Å². The topological polar surface area (TPSA) is 17.8 Å². The van der Waals surface area contributed by atoms with E-state index in [-0.39, 0.29) is 12.1 Å². The average molecular weight is 358 g/mol. The molecule has 0 aliphatic rings. The van der Waals surface area contributed by atoms with Crippen molar-refractivity contribution in [1.82, 2.24) is 9.78 Å². The summed E-state index contributed by atoms with van der Waals surface area (Å²) in [4.78, 5) is 0. The lowest BCUT2D eigenvalue weighted by atomic mass is 10.2. The maximum Gasteiger partial charge on any atom is 0.128 e. The molecule has 0 amide bonds. The molecule has 0 saturated heterocycles. The lowest BCUT2D eigenvalue weighted by Gasteiger charge is -2.03. The van der Waals surface area contributed by atoms with Gasteiger partial charge in [0.2, 0.25) is 0 Å². The van der Waals surface area contributed by atoms with Crippen molar-refractivity contribution in [3.05, 3.63) is 63.2 Å². The Labute approximate surface area is 127 Å². The van der Waals surface area contributed by atoms with Crippen LogP contribution in [0.3, 0.4) is 0 Å². The first-order valence-corrected chi connectivity index (χ1v) is 6.96. The Morgan fingerprint density at radius 2 is 2.00 bits per heavy atom. The zero-order valence-corrected chi connectivity index (χ0v) is 12.4. The molecule has 0 N–H and O–H groups in total. The van der Waals surface area contributed by atoms with Gasteiger partial charge in [-0.3, -0.25) is 4.68 Å². The van der Waals surface area contributed by atoms with Crippen molar-refractivity contribution in [3.8, 4) is 0 Å². The molecule has 0 unspecified atom stereocenters. The second-order valence-corrected chi connectivity index (χ2v) is 5.71. The van der Waals surface area contributed by atoms with Crippen LogP contribution < -0.4 is 0 Å². The van der Waals surface area contributed by atoms with Crippen LogP contribution in [-0.4, -0.2) is 9.78 Å². The average Bonchev–Trinajstić information content (AvgIpc) is 2.76. The molecule has 0 bridgehead atoms. The summed E-state index contributed by atoms with van der Waals surface area (Å²) in [7, 11) is 0. The summed E-state index contributed by atoms with van der Waals surface area (Å²) in [6.45, 7) is 0.145. The molecule has 0 atom stereocenters. The van der Waals surface area contributed by atoms with Crippen LogP contribution in [-0.2, 0) is 6.54 Å². The Bertz CT molecular complexity index is 801. The van der Waals surface area contributed by atoms with Gasteiger partial charge in [-0.25, -0.2) is 8.78 Å². The van der Waals surface area contributed by atoms with Crippen molar-refractivity contribution < 1.29 is 8.78 Å². The molecule has 6 heteroatoms. The number of aromatic nitrogens is 2. The fourth-order valence-electron chi connectivity index (χ4n) is 2.02. The molecule has 3 rings (SSSR count). The van der Waals surface area contributed by atoms with Crippen LogP contribution in [0.15, 0.2) is 41.0 Å². The summed E-state index contributed by atoms with van der Waals surface area (Å²) >= 11 is 9.45. The van der Waals surface area contributed by atoms with E-state index in [1.54, 1.807) is 16.9 Å². The predicted molar refractivity (Wildman–Crippen MR) is 77.9 cm³/mol. The summed E-state index contributed by atoms with van der Waals surface area (Å²) in [6.07, 6.45) is 1.72. The fourth-order valence-corrected chi connectivity index (χ4v) is 2.86. The molecule has 2 nitrogen and oxygen atoms in total. The quantitative estimate of drug-likeness (QED) is 0.645. The SMILES string of the molecule is Fc1ccc(F)c(Cn2cc3c(Cl)cc(Br)cc3n2)c1. The maximum atomic E-state index is 13.6. The Balaban J connectivity index is 2.03. The van der Waals surface area contributed by atoms with Gasteiger partial charge in [-0.05, 0) is 30.3 Å². The van der Waals surface area contributed by atoms with E-state index in [1.807, 2.05) is 6.07 Å². The lowest BCUT2D eigenvalue weighted by molar-refractivity contribution is 0.567. The third-order valence-electron chi connectivity index (χ3n) is 2.93. The maximum absolute atomic E-state index is 13.6. The predicted octanol–water partition coefficient (Wildman–Crippen LogP) is 4.78. The first-order valence-electron chi connectivity index (χ1n) is 5.79. The first-order chi connectivity index (χ1) is 9.52. The van der Waals surface area contributed by atoms with Gasteiger partial charge in [0.25, 0.3) is 0 Å². The Morgan fingerprint density at radius 1 is 1.20 bits per heavy atom. The summed E-state index contributed by atoms with van der Waals surface area (Å²) < 4.78 is 29.1. The summed E-state index contributed by atoms with van der Waals surface area (Å²) in [5, 5.41) is 5.64. The number of halogens is 4. The van der Waals surface area contributed by atoms with Crippen LogP contribution in [0.1, 0.15) is 5.56 Å². The van der Waals surface area contributed by atoms with E-state index in [0.717, 1.165) is 22.0 Å². The van der Waals surface area contributed by atoms with Crippen molar-refractivity contribution in [2.75, 3.05) is 0 Å². The van der Waals surface area contributed by atoms with Gasteiger partial charge in [0, 0.05) is 21.6 Å². The van der Waals surface area contributed by atoms with Crippen LogP contribution in [0.25, 0.3) is 10.9 Å². The van der Waals surface area contributed by atoms with E-state index in [0.29, 0.717) is 10.5 Å². The minimum Gasteiger partial charge on any atom is -0.267 e. The van der Waals surface area contributed by atoms with Crippen molar-refractivity contribution >= 4 is 38.4 Å². The molecule has 1 aromatic heterocycles. The second kappa shape index (κ2) is 5.14. The van der Waals surface area contributed by atoms with E-state index in [9.17, 15) is 8.78 Å². The first kappa shape index (κ1) is 13.5. The smallest absolute Gasteiger partial charge is 0.128 e. The molecular weight excluding hydrogens is 350 g/mol. The standard InChI is InChI=1S/C14H8BrClF2N2/c15-9-4-12(16)11-7-20(19-14(11)5-9)6-8-3-10(17)1-2-13(8)18/h1-5,7H,6H2. The van der Waals surface area contributed by atoms with Gasteiger partial charge in [-0.2, -0.15) is 5.10 Å². The highest BCUT2D eigenvalue weighted by Crippen LogP contribution is 2.27. The highest BCUT2D eigenvalue weighted by molar-refractivity contribution is 9.10. The van der Waals surface area contributed by atoms with E-state index >= 15 is 0 Å². The van der Waals surface area contributed by atoms with Crippen LogP contribution in [0.5, 0.6) is 0 Å². The highest BCUT2D eigenvalue weighted by Gasteiger charge is 2.09. The van der Waals surface area contributed by atoms with Gasteiger partial charge in [0.15, 0.2) is 0 Å². The molecule has 0 fully saturated rings.